The maximum Gasteiger partial charge on any atom is 0.257 e. The molecule has 0 unspecified atom stereocenters. The molecule has 2 aliphatic rings. The monoisotopic (exact) mass is 312 g/mol. The van der Waals surface area contributed by atoms with Crippen molar-refractivity contribution in [2.75, 3.05) is 13.1 Å². The number of amides is 2. The number of rotatable bonds is 3. The molecule has 6 nitrogen and oxygen atoms in total. The van der Waals surface area contributed by atoms with Crippen LogP contribution in [0.1, 0.15) is 42.1 Å². The molecular weight excluding hydrogens is 292 g/mol. The van der Waals surface area contributed by atoms with Gasteiger partial charge in [0.2, 0.25) is 5.91 Å². The average Bonchev–Trinajstić information content (AvgIpc) is 3.23. The van der Waals surface area contributed by atoms with Crippen LogP contribution in [0.15, 0.2) is 18.5 Å². The summed E-state index contributed by atoms with van der Waals surface area (Å²) < 4.78 is 0. The lowest BCUT2D eigenvalue weighted by atomic mass is 10.00. The van der Waals surface area contributed by atoms with Crippen molar-refractivity contribution < 1.29 is 9.59 Å². The topological polar surface area (TPSA) is 69.3 Å². The van der Waals surface area contributed by atoms with E-state index in [2.05, 4.69) is 9.97 Å². The number of nitrogens with one attached hydrogen (secondary N) is 1. The van der Waals surface area contributed by atoms with Crippen LogP contribution in [-0.2, 0) is 11.3 Å². The second-order valence-electron chi connectivity index (χ2n) is 6.29. The van der Waals surface area contributed by atoms with Gasteiger partial charge in [-0.05, 0) is 30.9 Å². The number of H-pyrrole nitrogens is 1. The van der Waals surface area contributed by atoms with E-state index in [-0.39, 0.29) is 17.9 Å². The van der Waals surface area contributed by atoms with Crippen molar-refractivity contribution in [1.82, 2.24) is 19.8 Å². The zero-order valence-corrected chi connectivity index (χ0v) is 13.2. The number of carbonyl (C=O) groups is 2. The predicted octanol–water partition coefficient (Wildman–Crippen LogP) is 1.92. The van der Waals surface area contributed by atoms with Gasteiger partial charge in [-0.1, -0.05) is 6.92 Å². The number of likely N-dealkylation sites (tertiary alicyclic amines) is 1. The van der Waals surface area contributed by atoms with E-state index in [4.69, 9.17) is 0 Å². The highest BCUT2D eigenvalue weighted by molar-refractivity contribution is 6.10. The Balaban J connectivity index is 1.69. The van der Waals surface area contributed by atoms with Gasteiger partial charge in [0.15, 0.2) is 0 Å². The van der Waals surface area contributed by atoms with Gasteiger partial charge in [0.25, 0.3) is 5.91 Å². The van der Waals surface area contributed by atoms with Crippen LogP contribution in [0.3, 0.4) is 0 Å². The Kier molecular flexibility index (Phi) is 3.32. The van der Waals surface area contributed by atoms with Gasteiger partial charge in [-0.3, -0.25) is 9.59 Å². The van der Waals surface area contributed by atoms with Crippen molar-refractivity contribution in [2.45, 2.75) is 38.8 Å². The first-order valence-electron chi connectivity index (χ1n) is 8.25. The van der Waals surface area contributed by atoms with Crippen molar-refractivity contribution >= 4 is 22.8 Å². The molecule has 1 fully saturated rings. The molecule has 4 heterocycles. The summed E-state index contributed by atoms with van der Waals surface area (Å²) >= 11 is 0. The SMILES string of the molecule is CC[C@H](C(=O)N1CCCC1)N1Cc2ccnc3[nH]cc(c23)C1=O. The first-order valence-corrected chi connectivity index (χ1v) is 8.25. The Morgan fingerprint density at radius 3 is 2.91 bits per heavy atom. The van der Waals surface area contributed by atoms with Crippen LogP contribution in [0, 0.1) is 0 Å². The summed E-state index contributed by atoms with van der Waals surface area (Å²) in [4.78, 5) is 36.7. The molecule has 4 rings (SSSR count). The number of carbonyl (C=O) groups excluding carboxylic acids is 2. The molecule has 1 saturated heterocycles. The molecule has 0 radical (unpaired) electrons. The molecule has 120 valence electrons. The van der Waals surface area contributed by atoms with Crippen molar-refractivity contribution in [3.05, 3.63) is 29.6 Å². The lowest BCUT2D eigenvalue weighted by molar-refractivity contribution is -0.135. The summed E-state index contributed by atoms with van der Waals surface area (Å²) in [6.45, 7) is 4.07. The minimum Gasteiger partial charge on any atom is -0.345 e. The third kappa shape index (κ3) is 2.12. The fraction of sp³-hybridized carbons (Fsp3) is 0.471. The lowest BCUT2D eigenvalue weighted by Crippen LogP contribution is -2.50. The van der Waals surface area contributed by atoms with Crippen molar-refractivity contribution in [3.63, 3.8) is 0 Å². The zero-order valence-electron chi connectivity index (χ0n) is 13.2. The fourth-order valence-electron chi connectivity index (χ4n) is 3.76. The smallest absolute Gasteiger partial charge is 0.257 e. The Hall–Kier alpha value is -2.37. The van der Waals surface area contributed by atoms with Crippen LogP contribution >= 0.6 is 0 Å². The maximum atomic E-state index is 12.9. The van der Waals surface area contributed by atoms with Crippen LogP contribution < -0.4 is 0 Å². The normalized spacial score (nSPS) is 18.7. The molecular formula is C17H20N4O2. The van der Waals surface area contributed by atoms with Crippen molar-refractivity contribution in [1.29, 1.82) is 0 Å². The molecule has 1 atom stereocenters. The second-order valence-corrected chi connectivity index (χ2v) is 6.29. The van der Waals surface area contributed by atoms with E-state index in [1.54, 1.807) is 17.3 Å². The van der Waals surface area contributed by atoms with Crippen LogP contribution in [0.4, 0.5) is 0 Å². The Morgan fingerprint density at radius 2 is 2.17 bits per heavy atom. The number of aromatic amines is 1. The molecule has 1 N–H and O–H groups in total. The van der Waals surface area contributed by atoms with E-state index in [9.17, 15) is 9.59 Å². The van der Waals surface area contributed by atoms with E-state index in [1.165, 1.54) is 0 Å². The number of aromatic nitrogens is 2. The zero-order chi connectivity index (χ0) is 16.0. The first-order chi connectivity index (χ1) is 11.2. The molecule has 0 aromatic carbocycles. The number of nitrogens with zero attached hydrogens (tertiary/aromatic N) is 3. The highest BCUT2D eigenvalue weighted by Crippen LogP contribution is 2.30. The van der Waals surface area contributed by atoms with E-state index in [1.807, 2.05) is 17.9 Å². The highest BCUT2D eigenvalue weighted by atomic mass is 16.2. The summed E-state index contributed by atoms with van der Waals surface area (Å²) in [7, 11) is 0. The lowest BCUT2D eigenvalue weighted by Gasteiger charge is -2.35. The van der Waals surface area contributed by atoms with Gasteiger partial charge < -0.3 is 14.8 Å². The molecule has 23 heavy (non-hydrogen) atoms. The number of hydrogen-bond acceptors (Lipinski definition) is 3. The largest absolute Gasteiger partial charge is 0.345 e. The maximum absolute atomic E-state index is 12.9. The quantitative estimate of drug-likeness (QED) is 0.941. The van der Waals surface area contributed by atoms with Gasteiger partial charge in [-0.2, -0.15) is 0 Å². The van der Waals surface area contributed by atoms with Gasteiger partial charge in [0.05, 0.1) is 5.56 Å². The number of hydrogen-bond donors (Lipinski definition) is 1. The predicted molar refractivity (Wildman–Crippen MR) is 85.9 cm³/mol. The standard InChI is InChI=1S/C17H20N4O2/c1-2-13(17(23)20-7-3-4-8-20)21-10-11-5-6-18-15-14(11)12(9-19-15)16(21)22/h5-6,9,13H,2-4,7-8,10H2,1H3,(H,18,19)/t13-/m1/s1. The molecule has 2 aliphatic heterocycles. The van der Waals surface area contributed by atoms with E-state index >= 15 is 0 Å². The van der Waals surface area contributed by atoms with Gasteiger partial charge in [0, 0.05) is 37.4 Å². The molecule has 2 amide bonds. The number of pyridine rings is 1. The summed E-state index contributed by atoms with van der Waals surface area (Å²) in [5, 5.41) is 0.900. The molecule has 0 aliphatic carbocycles. The van der Waals surface area contributed by atoms with Crippen LogP contribution in [0.2, 0.25) is 0 Å². The minimum absolute atomic E-state index is 0.0730. The summed E-state index contributed by atoms with van der Waals surface area (Å²) in [5.74, 6) is 0.0128. The van der Waals surface area contributed by atoms with Gasteiger partial charge in [-0.15, -0.1) is 0 Å². The Labute approximate surface area is 134 Å². The second kappa shape index (κ2) is 5.37. The third-order valence-electron chi connectivity index (χ3n) is 4.96. The Bertz CT molecular complexity index is 776. The molecule has 2 aromatic rings. The first kappa shape index (κ1) is 14.2. The molecule has 0 saturated carbocycles. The fourth-order valence-corrected chi connectivity index (χ4v) is 3.76. The summed E-state index contributed by atoms with van der Waals surface area (Å²) in [5.41, 5.74) is 2.42. The van der Waals surface area contributed by atoms with Crippen molar-refractivity contribution in [3.8, 4) is 0 Å². The molecule has 0 spiro atoms. The van der Waals surface area contributed by atoms with Crippen molar-refractivity contribution in [2.24, 2.45) is 0 Å². The van der Waals surface area contributed by atoms with Gasteiger partial charge >= 0.3 is 0 Å². The molecule has 0 bridgehead atoms. The molecule has 6 heteroatoms. The van der Waals surface area contributed by atoms with Crippen LogP contribution in [0.5, 0.6) is 0 Å². The van der Waals surface area contributed by atoms with E-state index in [0.29, 0.717) is 18.5 Å². The Morgan fingerprint density at radius 1 is 1.39 bits per heavy atom. The van der Waals surface area contributed by atoms with Crippen LogP contribution in [-0.4, -0.2) is 50.7 Å². The van der Waals surface area contributed by atoms with E-state index < -0.39 is 0 Å². The molecule has 2 aromatic heterocycles. The highest BCUT2D eigenvalue weighted by Gasteiger charge is 2.36. The van der Waals surface area contributed by atoms with Gasteiger partial charge in [-0.25, -0.2) is 4.98 Å². The third-order valence-corrected chi connectivity index (χ3v) is 4.96. The minimum atomic E-state index is -0.383. The van der Waals surface area contributed by atoms with Crippen LogP contribution in [0.25, 0.3) is 11.0 Å². The van der Waals surface area contributed by atoms with E-state index in [0.717, 1.165) is 42.5 Å². The summed E-state index contributed by atoms with van der Waals surface area (Å²) in [6, 6.07) is 1.55. The average molecular weight is 312 g/mol. The summed E-state index contributed by atoms with van der Waals surface area (Å²) in [6.07, 6.45) is 6.21. The van der Waals surface area contributed by atoms with Gasteiger partial charge in [0.1, 0.15) is 11.7 Å².